The molecular weight excluding hydrogens is 266 g/mol. The Bertz CT molecular complexity index is 597. The van der Waals surface area contributed by atoms with E-state index in [2.05, 4.69) is 15.5 Å². The quantitative estimate of drug-likeness (QED) is 0.503. The third-order valence-electron chi connectivity index (χ3n) is 2.67. The number of hydrazone groups is 1. The zero-order valence-corrected chi connectivity index (χ0v) is 11.8. The first kappa shape index (κ1) is 14.7. The fourth-order valence-electron chi connectivity index (χ4n) is 1.71. The molecule has 0 saturated carbocycles. The molecule has 0 amide bonds. The van der Waals surface area contributed by atoms with Crippen LogP contribution in [-0.4, -0.2) is 23.3 Å². The van der Waals surface area contributed by atoms with Crippen molar-refractivity contribution < 1.29 is 9.53 Å². The van der Waals surface area contributed by atoms with Crippen molar-refractivity contribution in [2.45, 2.75) is 13.3 Å². The van der Waals surface area contributed by atoms with Crippen molar-refractivity contribution in [3.8, 4) is 0 Å². The van der Waals surface area contributed by atoms with Crippen LogP contribution in [0.5, 0.6) is 0 Å². The van der Waals surface area contributed by atoms with Gasteiger partial charge in [0.1, 0.15) is 0 Å². The lowest BCUT2D eigenvalue weighted by atomic mass is 10.2. The molecule has 2 rings (SSSR count). The van der Waals surface area contributed by atoms with Gasteiger partial charge in [-0.05, 0) is 31.2 Å². The molecule has 1 aromatic heterocycles. The third kappa shape index (κ3) is 4.72. The number of anilines is 1. The first-order valence-electron chi connectivity index (χ1n) is 6.74. The molecule has 1 aromatic carbocycles. The number of pyridine rings is 1. The number of ether oxygens (including phenoxy) is 1. The van der Waals surface area contributed by atoms with Crippen LogP contribution in [0, 0.1) is 0 Å². The standard InChI is InChI=1S/C16H17N3O2/c1-2-21-16(20)12-15(14-10-6-7-11-17-14)19-18-13-8-4-3-5-9-13/h3-11,18H,2,12H2,1H3/b19-15+. The van der Waals surface area contributed by atoms with Crippen LogP contribution in [0.15, 0.2) is 59.8 Å². The minimum absolute atomic E-state index is 0.0741. The number of hydrogen-bond donors (Lipinski definition) is 1. The summed E-state index contributed by atoms with van der Waals surface area (Å²) in [6.07, 6.45) is 1.74. The largest absolute Gasteiger partial charge is 0.466 e. The van der Waals surface area contributed by atoms with E-state index in [0.29, 0.717) is 18.0 Å². The monoisotopic (exact) mass is 283 g/mol. The molecule has 108 valence electrons. The maximum Gasteiger partial charge on any atom is 0.312 e. The summed E-state index contributed by atoms with van der Waals surface area (Å²) >= 11 is 0. The van der Waals surface area contributed by atoms with Gasteiger partial charge >= 0.3 is 5.97 Å². The van der Waals surface area contributed by atoms with Gasteiger partial charge in [-0.25, -0.2) is 0 Å². The smallest absolute Gasteiger partial charge is 0.312 e. The lowest BCUT2D eigenvalue weighted by molar-refractivity contribution is -0.141. The van der Waals surface area contributed by atoms with Crippen molar-refractivity contribution in [2.75, 3.05) is 12.0 Å². The number of benzene rings is 1. The predicted molar refractivity (Wildman–Crippen MR) is 82.1 cm³/mol. The van der Waals surface area contributed by atoms with E-state index in [4.69, 9.17) is 4.74 Å². The van der Waals surface area contributed by atoms with Crippen LogP contribution < -0.4 is 5.43 Å². The second kappa shape index (κ2) is 7.79. The summed E-state index contributed by atoms with van der Waals surface area (Å²) in [4.78, 5) is 15.9. The van der Waals surface area contributed by atoms with E-state index in [1.807, 2.05) is 48.5 Å². The zero-order chi connectivity index (χ0) is 14.9. The van der Waals surface area contributed by atoms with Gasteiger partial charge in [0, 0.05) is 6.20 Å². The predicted octanol–water partition coefficient (Wildman–Crippen LogP) is 2.85. The Balaban J connectivity index is 2.17. The van der Waals surface area contributed by atoms with Gasteiger partial charge in [-0.15, -0.1) is 0 Å². The molecule has 0 bridgehead atoms. The molecule has 0 aliphatic rings. The van der Waals surface area contributed by atoms with Crippen molar-refractivity contribution in [2.24, 2.45) is 5.10 Å². The highest BCUT2D eigenvalue weighted by Crippen LogP contribution is 2.08. The Morgan fingerprint density at radius 1 is 1.19 bits per heavy atom. The number of carbonyl (C=O) groups is 1. The van der Waals surface area contributed by atoms with Crippen molar-refractivity contribution in [1.82, 2.24) is 4.98 Å². The summed E-state index contributed by atoms with van der Waals surface area (Å²) in [6, 6.07) is 15.0. The van der Waals surface area contributed by atoms with Gasteiger partial charge in [0.05, 0.1) is 30.1 Å². The molecule has 0 unspecified atom stereocenters. The number of para-hydroxylation sites is 1. The molecule has 0 atom stereocenters. The lowest BCUT2D eigenvalue weighted by Gasteiger charge is -2.07. The normalized spacial score (nSPS) is 11.0. The van der Waals surface area contributed by atoms with E-state index >= 15 is 0 Å². The topological polar surface area (TPSA) is 63.6 Å². The Labute approximate surface area is 123 Å². The van der Waals surface area contributed by atoms with E-state index < -0.39 is 0 Å². The maximum atomic E-state index is 11.7. The highest BCUT2D eigenvalue weighted by Gasteiger charge is 2.12. The molecule has 0 fully saturated rings. The molecule has 1 N–H and O–H groups in total. The number of nitrogens with one attached hydrogen (secondary N) is 1. The second-order valence-electron chi connectivity index (χ2n) is 4.23. The molecule has 5 nitrogen and oxygen atoms in total. The minimum Gasteiger partial charge on any atom is -0.466 e. The van der Waals surface area contributed by atoms with E-state index in [9.17, 15) is 4.79 Å². The SMILES string of the molecule is CCOC(=O)C/C(=N\Nc1ccccc1)c1ccccn1. The Morgan fingerprint density at radius 3 is 2.62 bits per heavy atom. The van der Waals surface area contributed by atoms with Gasteiger partial charge in [-0.1, -0.05) is 24.3 Å². The van der Waals surface area contributed by atoms with Crippen LogP contribution in [0.4, 0.5) is 5.69 Å². The van der Waals surface area contributed by atoms with Crippen LogP contribution in [0.1, 0.15) is 19.0 Å². The van der Waals surface area contributed by atoms with Crippen molar-refractivity contribution >= 4 is 17.4 Å². The number of esters is 1. The fraction of sp³-hybridized carbons (Fsp3) is 0.188. The van der Waals surface area contributed by atoms with Gasteiger partial charge in [0.15, 0.2) is 0 Å². The van der Waals surface area contributed by atoms with E-state index in [1.165, 1.54) is 0 Å². The molecule has 0 aliphatic carbocycles. The van der Waals surface area contributed by atoms with Crippen LogP contribution in [0.2, 0.25) is 0 Å². The summed E-state index contributed by atoms with van der Waals surface area (Å²) in [5, 5.41) is 4.29. The Hall–Kier alpha value is -2.69. The molecular formula is C16H17N3O2. The molecule has 21 heavy (non-hydrogen) atoms. The lowest BCUT2D eigenvalue weighted by Crippen LogP contribution is -2.15. The molecule has 5 heteroatoms. The molecule has 1 heterocycles. The number of aromatic nitrogens is 1. The van der Waals surface area contributed by atoms with Crippen LogP contribution in [-0.2, 0) is 9.53 Å². The first-order valence-corrected chi connectivity index (χ1v) is 6.74. The Morgan fingerprint density at radius 2 is 1.95 bits per heavy atom. The molecule has 0 radical (unpaired) electrons. The van der Waals surface area contributed by atoms with Gasteiger partial charge in [0.25, 0.3) is 0 Å². The van der Waals surface area contributed by atoms with Crippen LogP contribution >= 0.6 is 0 Å². The Kier molecular flexibility index (Phi) is 5.46. The summed E-state index contributed by atoms with van der Waals surface area (Å²) in [5.41, 5.74) is 4.96. The van der Waals surface area contributed by atoms with Gasteiger partial charge in [0.2, 0.25) is 0 Å². The van der Waals surface area contributed by atoms with Gasteiger partial charge < -0.3 is 4.74 Å². The summed E-state index contributed by atoms with van der Waals surface area (Å²) in [6.45, 7) is 2.12. The summed E-state index contributed by atoms with van der Waals surface area (Å²) < 4.78 is 4.97. The van der Waals surface area contributed by atoms with E-state index in [0.717, 1.165) is 5.69 Å². The second-order valence-corrected chi connectivity index (χ2v) is 4.23. The number of nitrogens with zero attached hydrogens (tertiary/aromatic N) is 2. The van der Waals surface area contributed by atoms with Crippen molar-refractivity contribution in [1.29, 1.82) is 0 Å². The number of rotatable bonds is 6. The summed E-state index contributed by atoms with van der Waals surface area (Å²) in [5.74, 6) is -0.322. The highest BCUT2D eigenvalue weighted by atomic mass is 16.5. The number of carbonyl (C=O) groups excluding carboxylic acids is 1. The number of hydrogen-bond acceptors (Lipinski definition) is 5. The molecule has 0 spiro atoms. The van der Waals surface area contributed by atoms with Crippen molar-refractivity contribution in [3.63, 3.8) is 0 Å². The van der Waals surface area contributed by atoms with E-state index in [1.54, 1.807) is 13.1 Å². The first-order chi connectivity index (χ1) is 10.3. The molecule has 0 aliphatic heterocycles. The summed E-state index contributed by atoms with van der Waals surface area (Å²) in [7, 11) is 0. The van der Waals surface area contributed by atoms with Gasteiger partial charge in [-0.2, -0.15) is 5.10 Å². The third-order valence-corrected chi connectivity index (χ3v) is 2.67. The molecule has 0 saturated heterocycles. The average Bonchev–Trinajstić information content (AvgIpc) is 2.53. The zero-order valence-electron chi connectivity index (χ0n) is 11.8. The maximum absolute atomic E-state index is 11.7. The molecule has 2 aromatic rings. The van der Waals surface area contributed by atoms with Crippen molar-refractivity contribution in [3.05, 3.63) is 60.4 Å². The minimum atomic E-state index is -0.322. The van der Waals surface area contributed by atoms with Crippen LogP contribution in [0.3, 0.4) is 0 Å². The highest BCUT2D eigenvalue weighted by molar-refractivity contribution is 6.08. The van der Waals surface area contributed by atoms with Crippen LogP contribution in [0.25, 0.3) is 0 Å². The van der Waals surface area contributed by atoms with E-state index in [-0.39, 0.29) is 12.4 Å². The fourth-order valence-corrected chi connectivity index (χ4v) is 1.71. The average molecular weight is 283 g/mol. The van der Waals surface area contributed by atoms with Gasteiger partial charge in [-0.3, -0.25) is 15.2 Å².